The molecule has 0 aromatic heterocycles. The molecular formula is C5H8O2. The second kappa shape index (κ2) is 2.39. The van der Waals surface area contributed by atoms with Gasteiger partial charge in [-0.05, 0) is 13.7 Å². The highest BCUT2D eigenvalue weighted by molar-refractivity contribution is 5.87. The number of carbonyl (C=O) groups excluding carboxylic acids is 1. The number of carbonyl (C=O) groups is 1. The maximum Gasteiger partial charge on any atom is 0.155 e. The molecule has 0 rings (SSSR count). The van der Waals surface area contributed by atoms with E-state index in [2.05, 4.69) is 0 Å². The van der Waals surface area contributed by atoms with Crippen molar-refractivity contribution in [3.05, 3.63) is 11.8 Å². The van der Waals surface area contributed by atoms with Crippen LogP contribution < -0.4 is 0 Å². The average molecular weight is 107 g/mol. The van der Waals surface area contributed by atoms with Crippen molar-refractivity contribution in [1.29, 1.82) is 0 Å². The minimum Gasteiger partial charge on any atom is -0.512 e. The van der Waals surface area contributed by atoms with Crippen molar-refractivity contribution in [3.63, 3.8) is 0 Å². The summed E-state index contributed by atoms with van der Waals surface area (Å²) in [5.41, 5.74) is 0. The van der Waals surface area contributed by atoms with Crippen LogP contribution in [0.5, 0.6) is 0 Å². The Bertz CT molecular complexity index is 271. The molecule has 0 radical (unpaired) electrons. The van der Waals surface area contributed by atoms with Crippen molar-refractivity contribution in [2.75, 3.05) is 0 Å². The second-order valence-electron chi connectivity index (χ2n) is 0.803. The zero-order valence-electron chi connectivity index (χ0n) is 10.4. The van der Waals surface area contributed by atoms with E-state index in [1.165, 1.54) is 0 Å². The summed E-state index contributed by atoms with van der Waals surface area (Å²) in [4.78, 5) is 10.8. The summed E-state index contributed by atoms with van der Waals surface area (Å²) in [5, 5.41) is 8.85. The molecule has 0 saturated carbocycles. The van der Waals surface area contributed by atoms with Crippen molar-refractivity contribution < 1.29 is 19.5 Å². The van der Waals surface area contributed by atoms with Crippen LogP contribution in [0.25, 0.3) is 0 Å². The van der Waals surface area contributed by atoms with Crippen molar-refractivity contribution in [2.45, 2.75) is 13.7 Å². The molecule has 1 N–H and O–H groups in total. The predicted octanol–water partition coefficient (Wildman–Crippen LogP) is 1.04. The van der Waals surface area contributed by atoms with Crippen LogP contribution in [0.2, 0.25) is 0 Å². The first-order valence-electron chi connectivity index (χ1n) is 4.93. The Labute approximate surface area is 52.3 Å². The zero-order chi connectivity index (χ0) is 11.7. The Hall–Kier alpha value is -0.790. The summed E-state index contributed by atoms with van der Waals surface area (Å²) in [7, 11) is 0. The molecule has 2 nitrogen and oxygen atoms in total. The summed E-state index contributed by atoms with van der Waals surface area (Å²) in [6.45, 7) is -6.16. The second-order valence-corrected chi connectivity index (χ2v) is 0.803. The smallest absolute Gasteiger partial charge is 0.155 e. The van der Waals surface area contributed by atoms with E-state index in [-0.39, 0.29) is 0 Å². The van der Waals surface area contributed by atoms with E-state index in [1.54, 1.807) is 0 Å². The zero-order valence-corrected chi connectivity index (χ0v) is 3.36. The van der Waals surface area contributed by atoms with Gasteiger partial charge in [-0.1, -0.05) is 0 Å². The molecule has 0 aromatic carbocycles. The van der Waals surface area contributed by atoms with Crippen LogP contribution in [-0.4, -0.2) is 10.9 Å². The van der Waals surface area contributed by atoms with E-state index in [0.29, 0.717) is 0 Å². The number of aliphatic hydroxyl groups is 1. The molecule has 0 aromatic rings. The van der Waals surface area contributed by atoms with Gasteiger partial charge in [-0.3, -0.25) is 4.79 Å². The predicted molar refractivity (Wildman–Crippen MR) is 27.1 cm³/mol. The van der Waals surface area contributed by atoms with Gasteiger partial charge in [-0.15, -0.1) is 0 Å². The van der Waals surface area contributed by atoms with Crippen LogP contribution in [0, 0.1) is 0 Å². The Morgan fingerprint density at radius 1 is 2.00 bits per heavy atom. The highest BCUT2D eigenvalue weighted by Crippen LogP contribution is 1.82. The largest absolute Gasteiger partial charge is 0.512 e. The topological polar surface area (TPSA) is 37.3 Å². The van der Waals surface area contributed by atoms with E-state index in [0.717, 1.165) is 0 Å². The standard InChI is InChI=1S/C5H8O2/c1-4(6)3-5(2)7/h3,6H,1-2H3/i1D3,2D3,3D. The summed E-state index contributed by atoms with van der Waals surface area (Å²) in [5.74, 6) is -3.19. The van der Waals surface area contributed by atoms with Gasteiger partial charge in [-0.25, -0.2) is 0 Å². The number of hydrogen-bond acceptors (Lipinski definition) is 2. The molecule has 0 aliphatic carbocycles. The third kappa shape index (κ3) is 5.21. The molecule has 0 atom stereocenters. The monoisotopic (exact) mass is 107 g/mol. The fourth-order valence-corrected chi connectivity index (χ4v) is 0.108. The van der Waals surface area contributed by atoms with E-state index in [4.69, 9.17) is 14.7 Å². The van der Waals surface area contributed by atoms with Crippen molar-refractivity contribution >= 4 is 5.78 Å². The normalized spacial score (nSPS) is 31.1. The fourth-order valence-electron chi connectivity index (χ4n) is 0.108. The lowest BCUT2D eigenvalue weighted by atomic mass is 10.4. The molecular weight excluding hydrogens is 92.1 g/mol. The minimum absolute atomic E-state index is 1.40. The SMILES string of the molecule is [2H]C(C(=O)C([2H])([2H])[2H])=C(O)C([2H])([2H])[2H]. The van der Waals surface area contributed by atoms with Gasteiger partial charge in [0.05, 0.1) is 7.13 Å². The van der Waals surface area contributed by atoms with Crippen LogP contribution in [0.1, 0.15) is 23.3 Å². The van der Waals surface area contributed by atoms with Gasteiger partial charge < -0.3 is 5.11 Å². The van der Waals surface area contributed by atoms with Gasteiger partial charge in [0.15, 0.2) is 5.78 Å². The van der Waals surface area contributed by atoms with Crippen LogP contribution in [0.3, 0.4) is 0 Å². The van der Waals surface area contributed by atoms with Gasteiger partial charge in [0.2, 0.25) is 0 Å². The molecule has 0 spiro atoms. The maximum absolute atomic E-state index is 10.8. The van der Waals surface area contributed by atoms with Gasteiger partial charge >= 0.3 is 0 Å². The van der Waals surface area contributed by atoms with Crippen LogP contribution in [-0.2, 0) is 4.79 Å². The number of allylic oxidation sites excluding steroid dienone is 2. The van der Waals surface area contributed by atoms with Crippen LogP contribution >= 0.6 is 0 Å². The Morgan fingerprint density at radius 2 is 2.71 bits per heavy atom. The lowest BCUT2D eigenvalue weighted by Crippen LogP contribution is -1.82. The minimum atomic E-state index is -3.11. The fraction of sp³-hybridized carbons (Fsp3) is 0.400. The van der Waals surface area contributed by atoms with Gasteiger partial charge in [-0.2, -0.15) is 0 Å². The lowest BCUT2D eigenvalue weighted by molar-refractivity contribution is -0.112. The van der Waals surface area contributed by atoms with Crippen LogP contribution in [0.4, 0.5) is 0 Å². The number of ketones is 1. The first kappa shape index (κ1) is 1.13. The van der Waals surface area contributed by atoms with Crippen LogP contribution in [0.15, 0.2) is 11.8 Å². The Morgan fingerprint density at radius 3 is 3.14 bits per heavy atom. The number of rotatable bonds is 1. The van der Waals surface area contributed by atoms with E-state index < -0.39 is 31.3 Å². The molecule has 0 aliphatic heterocycles. The maximum atomic E-state index is 10.8. The van der Waals surface area contributed by atoms with Gasteiger partial charge in [0.25, 0.3) is 0 Å². The van der Waals surface area contributed by atoms with Gasteiger partial charge in [0.1, 0.15) is 0 Å². The summed E-state index contributed by atoms with van der Waals surface area (Å²) in [6.07, 6.45) is 0. The average Bonchev–Trinajstić information content (AvgIpc) is 1.97. The molecule has 0 fully saturated rings. The summed E-state index contributed by atoms with van der Waals surface area (Å²) in [6, 6.07) is -1.40. The molecule has 0 saturated heterocycles. The third-order valence-electron chi connectivity index (χ3n) is 0.232. The Balaban J connectivity index is 5.14. The molecule has 0 bridgehead atoms. The highest BCUT2D eigenvalue weighted by Gasteiger charge is 1.82. The first-order chi connectivity index (χ1) is 5.98. The van der Waals surface area contributed by atoms with E-state index in [9.17, 15) is 4.79 Å². The lowest BCUT2D eigenvalue weighted by Gasteiger charge is -1.80. The van der Waals surface area contributed by atoms with Crippen molar-refractivity contribution in [1.82, 2.24) is 0 Å². The molecule has 0 unspecified atom stereocenters. The first-order valence-corrected chi connectivity index (χ1v) is 1.43. The third-order valence-corrected chi connectivity index (χ3v) is 0.232. The summed E-state index contributed by atoms with van der Waals surface area (Å²) < 4.78 is 46.6. The molecule has 0 heterocycles. The number of aliphatic hydroxyl groups excluding tert-OH is 1. The summed E-state index contributed by atoms with van der Waals surface area (Å²) >= 11 is 0. The Kier molecular flexibility index (Phi) is 0.387. The molecule has 40 valence electrons. The molecule has 7 heavy (non-hydrogen) atoms. The van der Waals surface area contributed by atoms with E-state index in [1.807, 2.05) is 0 Å². The molecule has 0 aliphatic rings. The molecule has 2 heteroatoms. The van der Waals surface area contributed by atoms with Crippen molar-refractivity contribution in [3.8, 4) is 0 Å². The van der Waals surface area contributed by atoms with E-state index >= 15 is 0 Å². The molecule has 0 amide bonds. The number of hydrogen-bond donors (Lipinski definition) is 1. The van der Waals surface area contributed by atoms with Gasteiger partial charge in [0, 0.05) is 14.3 Å². The highest BCUT2D eigenvalue weighted by atomic mass is 16.3. The quantitative estimate of drug-likeness (QED) is 0.401. The van der Waals surface area contributed by atoms with Crippen molar-refractivity contribution in [2.24, 2.45) is 0 Å².